The van der Waals surface area contributed by atoms with Crippen LogP contribution in [0.1, 0.15) is 46.6 Å². The Hall–Kier alpha value is -2.17. The van der Waals surface area contributed by atoms with Crippen LogP contribution >= 0.6 is 11.8 Å². The molecule has 0 saturated heterocycles. The van der Waals surface area contributed by atoms with E-state index in [4.69, 9.17) is 5.11 Å². The molecule has 0 spiro atoms. The van der Waals surface area contributed by atoms with E-state index in [0.717, 1.165) is 47.1 Å². The first kappa shape index (κ1) is 22.5. The molecule has 3 aromatic carbocycles. The van der Waals surface area contributed by atoms with Gasteiger partial charge in [-0.15, -0.1) is 11.8 Å². The number of aliphatic hydroxyl groups is 1. The van der Waals surface area contributed by atoms with Crippen LogP contribution in [-0.4, -0.2) is 10.9 Å². The van der Waals surface area contributed by atoms with Gasteiger partial charge in [0.25, 0.3) is 0 Å². The summed E-state index contributed by atoms with van der Waals surface area (Å²) in [5, 5.41) is 9.14. The minimum absolute atomic E-state index is 0.0509. The van der Waals surface area contributed by atoms with Crippen molar-refractivity contribution < 1.29 is 13.9 Å². The number of aryl methyl sites for hydroxylation is 2. The van der Waals surface area contributed by atoms with Crippen molar-refractivity contribution in [2.75, 3.05) is 5.75 Å². The van der Waals surface area contributed by atoms with E-state index in [0.29, 0.717) is 0 Å². The van der Waals surface area contributed by atoms with Gasteiger partial charge in [-0.25, -0.2) is 8.78 Å². The van der Waals surface area contributed by atoms with E-state index in [-0.39, 0.29) is 12.5 Å². The molecule has 0 radical (unpaired) electrons. The van der Waals surface area contributed by atoms with E-state index in [9.17, 15) is 8.78 Å². The maximum absolute atomic E-state index is 13.9. The number of hydrogen-bond acceptors (Lipinski definition) is 2. The summed E-state index contributed by atoms with van der Waals surface area (Å²) in [7, 11) is 0. The Labute approximate surface area is 182 Å². The Morgan fingerprint density at radius 2 is 1.50 bits per heavy atom. The second kappa shape index (κ2) is 10.7. The smallest absolute Gasteiger partial charge is 0.126 e. The predicted octanol–water partition coefficient (Wildman–Crippen LogP) is 6.97. The normalized spacial score (nSPS) is 12.2. The number of aliphatic hydroxyl groups excluding tert-OH is 1. The quantitative estimate of drug-likeness (QED) is 0.294. The number of hydrogen-bond donors (Lipinski definition) is 1. The van der Waals surface area contributed by atoms with Gasteiger partial charge in [0.2, 0.25) is 0 Å². The van der Waals surface area contributed by atoms with Gasteiger partial charge in [0.15, 0.2) is 0 Å². The van der Waals surface area contributed by atoms with Crippen LogP contribution < -0.4 is 0 Å². The van der Waals surface area contributed by atoms with Gasteiger partial charge in [0.05, 0.1) is 6.61 Å². The third-order valence-corrected chi connectivity index (χ3v) is 6.58. The molecular weight excluding hydrogens is 398 g/mol. The molecule has 0 bridgehead atoms. The molecule has 0 heterocycles. The van der Waals surface area contributed by atoms with Crippen molar-refractivity contribution in [2.45, 2.75) is 50.5 Å². The maximum Gasteiger partial charge on any atom is 0.126 e. The van der Waals surface area contributed by atoms with Gasteiger partial charge in [-0.1, -0.05) is 30.3 Å². The lowest BCUT2D eigenvalue weighted by Crippen LogP contribution is -2.06. The van der Waals surface area contributed by atoms with Gasteiger partial charge in [-0.3, -0.25) is 0 Å². The number of rotatable bonds is 9. The molecule has 1 unspecified atom stereocenters. The first-order chi connectivity index (χ1) is 14.4. The first-order valence-corrected chi connectivity index (χ1v) is 11.3. The SMILES string of the molecule is Cc1ccc(CC(CCCSc2ccc(CO)cc2)c2cc(F)cc(F)c2)cc1C. The Balaban J connectivity index is 1.67. The summed E-state index contributed by atoms with van der Waals surface area (Å²) in [6, 6.07) is 18.2. The molecule has 4 heteroatoms. The van der Waals surface area contributed by atoms with Crippen molar-refractivity contribution >= 4 is 11.8 Å². The fourth-order valence-electron chi connectivity index (χ4n) is 3.62. The highest BCUT2D eigenvalue weighted by Crippen LogP contribution is 2.30. The van der Waals surface area contributed by atoms with Crippen LogP contribution in [-0.2, 0) is 13.0 Å². The minimum atomic E-state index is -0.520. The third-order valence-electron chi connectivity index (χ3n) is 5.48. The van der Waals surface area contributed by atoms with Crippen molar-refractivity contribution in [3.05, 3.63) is 100 Å². The van der Waals surface area contributed by atoms with E-state index in [1.165, 1.54) is 28.8 Å². The van der Waals surface area contributed by atoms with E-state index in [2.05, 4.69) is 32.0 Å². The van der Waals surface area contributed by atoms with Gasteiger partial charge >= 0.3 is 0 Å². The summed E-state index contributed by atoms with van der Waals surface area (Å²) in [6.45, 7) is 4.23. The second-order valence-electron chi connectivity index (χ2n) is 7.82. The van der Waals surface area contributed by atoms with Crippen LogP contribution in [0.2, 0.25) is 0 Å². The van der Waals surface area contributed by atoms with E-state index in [1.807, 2.05) is 24.3 Å². The van der Waals surface area contributed by atoms with Crippen molar-refractivity contribution in [3.8, 4) is 0 Å². The lowest BCUT2D eigenvalue weighted by molar-refractivity contribution is 0.282. The second-order valence-corrected chi connectivity index (χ2v) is 8.98. The molecular formula is C26H28F2OS. The standard InChI is InChI=1S/C26H28F2OS/c1-18-5-6-21(12-19(18)2)13-22(23-14-24(27)16-25(28)15-23)4-3-11-30-26-9-7-20(17-29)8-10-26/h5-10,12,14-16,22,29H,3-4,11,13,17H2,1-2H3. The maximum atomic E-state index is 13.9. The van der Waals surface area contributed by atoms with Crippen LogP contribution in [0.5, 0.6) is 0 Å². The topological polar surface area (TPSA) is 20.2 Å². The lowest BCUT2D eigenvalue weighted by atomic mass is 9.87. The highest BCUT2D eigenvalue weighted by atomic mass is 32.2. The molecule has 0 fully saturated rings. The number of halogens is 2. The Bertz CT molecular complexity index is 949. The van der Waals surface area contributed by atoms with Crippen molar-refractivity contribution in [2.24, 2.45) is 0 Å². The van der Waals surface area contributed by atoms with Crippen LogP contribution in [0.15, 0.2) is 65.6 Å². The summed E-state index contributed by atoms with van der Waals surface area (Å²) >= 11 is 1.76. The fraction of sp³-hybridized carbons (Fsp3) is 0.308. The van der Waals surface area contributed by atoms with Crippen LogP contribution in [0, 0.1) is 25.5 Å². The predicted molar refractivity (Wildman–Crippen MR) is 121 cm³/mol. The molecule has 158 valence electrons. The summed E-state index contributed by atoms with van der Waals surface area (Å²) in [6.07, 6.45) is 2.57. The zero-order valence-corrected chi connectivity index (χ0v) is 18.3. The Morgan fingerprint density at radius 1 is 0.833 bits per heavy atom. The molecule has 0 aromatic heterocycles. The molecule has 3 rings (SSSR count). The Morgan fingerprint density at radius 3 is 2.13 bits per heavy atom. The van der Waals surface area contributed by atoms with Gasteiger partial charge in [-0.2, -0.15) is 0 Å². The summed E-state index contributed by atoms with van der Waals surface area (Å²) in [4.78, 5) is 1.16. The molecule has 0 aliphatic rings. The molecule has 0 saturated carbocycles. The van der Waals surface area contributed by atoms with Crippen molar-refractivity contribution in [3.63, 3.8) is 0 Å². The average Bonchev–Trinajstić information content (AvgIpc) is 2.72. The number of benzene rings is 3. The van der Waals surface area contributed by atoms with Crippen molar-refractivity contribution in [1.29, 1.82) is 0 Å². The van der Waals surface area contributed by atoms with Gasteiger partial charge in [-0.05, 0) is 96.9 Å². The Kier molecular flexibility index (Phi) is 8.06. The minimum Gasteiger partial charge on any atom is -0.392 e. The number of thioether (sulfide) groups is 1. The molecule has 1 nitrogen and oxygen atoms in total. The zero-order valence-electron chi connectivity index (χ0n) is 17.5. The largest absolute Gasteiger partial charge is 0.392 e. The summed E-state index contributed by atoms with van der Waals surface area (Å²) in [5.41, 5.74) is 5.30. The van der Waals surface area contributed by atoms with E-state index < -0.39 is 11.6 Å². The molecule has 1 N–H and O–H groups in total. The summed E-state index contributed by atoms with van der Waals surface area (Å²) < 4.78 is 27.7. The molecule has 0 aliphatic heterocycles. The van der Waals surface area contributed by atoms with E-state index in [1.54, 1.807) is 11.8 Å². The zero-order chi connectivity index (χ0) is 21.5. The van der Waals surface area contributed by atoms with Crippen LogP contribution in [0.4, 0.5) is 8.78 Å². The van der Waals surface area contributed by atoms with Crippen LogP contribution in [0.25, 0.3) is 0 Å². The first-order valence-electron chi connectivity index (χ1n) is 10.3. The third kappa shape index (κ3) is 6.41. The molecule has 3 aromatic rings. The highest BCUT2D eigenvalue weighted by molar-refractivity contribution is 7.99. The van der Waals surface area contributed by atoms with Crippen LogP contribution in [0.3, 0.4) is 0 Å². The monoisotopic (exact) mass is 426 g/mol. The molecule has 0 amide bonds. The molecule has 30 heavy (non-hydrogen) atoms. The highest BCUT2D eigenvalue weighted by Gasteiger charge is 2.15. The van der Waals surface area contributed by atoms with Crippen molar-refractivity contribution in [1.82, 2.24) is 0 Å². The summed E-state index contributed by atoms with van der Waals surface area (Å²) in [5.74, 6) is -0.0452. The van der Waals surface area contributed by atoms with Gasteiger partial charge in [0, 0.05) is 11.0 Å². The lowest BCUT2D eigenvalue weighted by Gasteiger charge is -2.19. The molecule has 0 aliphatic carbocycles. The fourth-order valence-corrected chi connectivity index (χ4v) is 4.50. The van der Waals surface area contributed by atoms with E-state index >= 15 is 0 Å². The van der Waals surface area contributed by atoms with Gasteiger partial charge < -0.3 is 5.11 Å². The molecule has 1 atom stereocenters. The van der Waals surface area contributed by atoms with Gasteiger partial charge in [0.1, 0.15) is 11.6 Å². The average molecular weight is 427 g/mol.